The lowest BCUT2D eigenvalue weighted by molar-refractivity contribution is -0.115. The number of tetrazole rings is 1. The summed E-state index contributed by atoms with van der Waals surface area (Å²) in [6.07, 6.45) is 0.974. The minimum absolute atomic E-state index is 0.0839. The number of carbonyl (C=O) groups is 1. The van der Waals surface area contributed by atoms with Crippen LogP contribution in [0.4, 0.5) is 5.69 Å². The normalized spacial score (nSPS) is 12.0. The lowest BCUT2D eigenvalue weighted by atomic mass is 10.1. The van der Waals surface area contributed by atoms with Crippen molar-refractivity contribution in [3.05, 3.63) is 59.2 Å². The van der Waals surface area contributed by atoms with E-state index in [1.54, 1.807) is 4.68 Å². The first-order valence-electron chi connectivity index (χ1n) is 8.90. The second-order valence-electron chi connectivity index (χ2n) is 6.46. The highest BCUT2D eigenvalue weighted by molar-refractivity contribution is 8.00. The van der Waals surface area contributed by atoms with Gasteiger partial charge in [0.15, 0.2) is 0 Å². The highest BCUT2D eigenvalue weighted by Gasteiger charge is 2.20. The molecule has 0 aliphatic rings. The molecule has 1 aromatic heterocycles. The van der Waals surface area contributed by atoms with Crippen LogP contribution < -0.4 is 5.32 Å². The summed E-state index contributed by atoms with van der Waals surface area (Å²) in [6, 6.07) is 14.0. The number of aryl methyl sites for hydroxylation is 3. The Bertz CT molecular complexity index is 936. The Labute approximate surface area is 163 Å². The van der Waals surface area contributed by atoms with Gasteiger partial charge in [-0.25, -0.2) is 0 Å². The quantitative estimate of drug-likeness (QED) is 0.654. The fourth-order valence-corrected chi connectivity index (χ4v) is 3.53. The molecule has 0 spiro atoms. The number of nitrogens with one attached hydrogen (secondary N) is 1. The van der Waals surface area contributed by atoms with E-state index >= 15 is 0 Å². The molecule has 0 fully saturated rings. The Morgan fingerprint density at radius 2 is 1.93 bits per heavy atom. The van der Waals surface area contributed by atoms with Gasteiger partial charge in [0, 0.05) is 5.69 Å². The summed E-state index contributed by atoms with van der Waals surface area (Å²) < 4.78 is 1.68. The topological polar surface area (TPSA) is 72.7 Å². The van der Waals surface area contributed by atoms with E-state index in [1.165, 1.54) is 22.9 Å². The highest BCUT2D eigenvalue weighted by Crippen LogP contribution is 2.25. The standard InChI is InChI=1S/C20H23N5OS/c1-5-16-7-9-17(10-8-16)21-19(26)15(4)27-20-22-23-24-25(20)18-11-6-13(2)12-14(18)3/h6-12,15H,5H2,1-4H3,(H,21,26). The van der Waals surface area contributed by atoms with E-state index in [1.807, 2.05) is 57.2 Å². The number of rotatable bonds is 6. The summed E-state index contributed by atoms with van der Waals surface area (Å²) in [5.74, 6) is -0.0839. The maximum atomic E-state index is 12.5. The van der Waals surface area contributed by atoms with Gasteiger partial charge >= 0.3 is 0 Å². The molecule has 0 aliphatic heterocycles. The zero-order valence-corrected chi connectivity index (χ0v) is 16.7. The Morgan fingerprint density at radius 3 is 2.59 bits per heavy atom. The van der Waals surface area contributed by atoms with E-state index in [0.717, 1.165) is 23.4 Å². The van der Waals surface area contributed by atoms with Gasteiger partial charge in [0.25, 0.3) is 0 Å². The molecule has 0 radical (unpaired) electrons. The molecule has 2 aromatic carbocycles. The molecule has 6 nitrogen and oxygen atoms in total. The Balaban J connectivity index is 1.71. The number of benzene rings is 2. The molecule has 1 atom stereocenters. The number of amides is 1. The second kappa shape index (κ2) is 8.35. The van der Waals surface area contributed by atoms with Crippen molar-refractivity contribution in [3.63, 3.8) is 0 Å². The second-order valence-corrected chi connectivity index (χ2v) is 7.77. The van der Waals surface area contributed by atoms with Crippen LogP contribution in [0.1, 0.15) is 30.5 Å². The fraction of sp³-hybridized carbons (Fsp3) is 0.300. The molecule has 0 saturated heterocycles. The van der Waals surface area contributed by atoms with Crippen molar-refractivity contribution in [2.45, 2.75) is 44.5 Å². The number of hydrogen-bond donors (Lipinski definition) is 1. The van der Waals surface area contributed by atoms with Crippen LogP contribution in [0, 0.1) is 13.8 Å². The van der Waals surface area contributed by atoms with Crippen molar-refractivity contribution in [1.82, 2.24) is 20.2 Å². The number of nitrogens with zero attached hydrogens (tertiary/aromatic N) is 4. The first-order chi connectivity index (χ1) is 13.0. The van der Waals surface area contributed by atoms with Gasteiger partial charge in [0.2, 0.25) is 11.1 Å². The van der Waals surface area contributed by atoms with Crippen LogP contribution in [0.5, 0.6) is 0 Å². The van der Waals surface area contributed by atoms with Gasteiger partial charge in [-0.15, -0.1) is 5.10 Å². The van der Waals surface area contributed by atoms with Gasteiger partial charge in [-0.05, 0) is 66.9 Å². The monoisotopic (exact) mass is 381 g/mol. The first kappa shape index (κ1) is 19.1. The zero-order valence-electron chi connectivity index (χ0n) is 15.9. The van der Waals surface area contributed by atoms with Crippen LogP contribution in [-0.2, 0) is 11.2 Å². The van der Waals surface area contributed by atoms with E-state index in [0.29, 0.717) is 5.16 Å². The molecule has 7 heteroatoms. The SMILES string of the molecule is CCc1ccc(NC(=O)C(C)Sc2nnnn2-c2ccc(C)cc2C)cc1. The molecule has 1 N–H and O–H groups in total. The van der Waals surface area contributed by atoms with Crippen molar-refractivity contribution in [2.75, 3.05) is 5.32 Å². The summed E-state index contributed by atoms with van der Waals surface area (Å²) in [4.78, 5) is 12.5. The fourth-order valence-electron chi connectivity index (χ4n) is 2.73. The molecular weight excluding hydrogens is 358 g/mol. The smallest absolute Gasteiger partial charge is 0.237 e. The Hall–Kier alpha value is -2.67. The third kappa shape index (κ3) is 4.54. The summed E-state index contributed by atoms with van der Waals surface area (Å²) in [5, 5.41) is 15.2. The van der Waals surface area contributed by atoms with E-state index < -0.39 is 0 Å². The number of carbonyl (C=O) groups excluding carboxylic acids is 1. The van der Waals surface area contributed by atoms with E-state index in [9.17, 15) is 4.79 Å². The van der Waals surface area contributed by atoms with Gasteiger partial charge in [0.1, 0.15) is 0 Å². The molecule has 140 valence electrons. The van der Waals surface area contributed by atoms with Crippen LogP contribution >= 0.6 is 11.8 Å². The van der Waals surface area contributed by atoms with Crippen LogP contribution in [0.2, 0.25) is 0 Å². The number of aromatic nitrogens is 4. The minimum Gasteiger partial charge on any atom is -0.325 e. The van der Waals surface area contributed by atoms with Crippen molar-refractivity contribution in [3.8, 4) is 5.69 Å². The van der Waals surface area contributed by atoms with Gasteiger partial charge in [-0.3, -0.25) is 4.79 Å². The zero-order chi connectivity index (χ0) is 19.4. The van der Waals surface area contributed by atoms with Crippen molar-refractivity contribution in [1.29, 1.82) is 0 Å². The van der Waals surface area contributed by atoms with Crippen molar-refractivity contribution >= 4 is 23.4 Å². The van der Waals surface area contributed by atoms with Crippen LogP contribution in [0.25, 0.3) is 5.69 Å². The predicted molar refractivity (Wildman–Crippen MR) is 108 cm³/mol. The maximum absolute atomic E-state index is 12.5. The van der Waals surface area contributed by atoms with E-state index in [-0.39, 0.29) is 11.2 Å². The molecule has 0 aliphatic carbocycles. The lowest BCUT2D eigenvalue weighted by Gasteiger charge is -2.13. The van der Waals surface area contributed by atoms with Crippen LogP contribution in [-0.4, -0.2) is 31.4 Å². The van der Waals surface area contributed by atoms with Crippen molar-refractivity contribution in [2.24, 2.45) is 0 Å². The summed E-state index contributed by atoms with van der Waals surface area (Å²) >= 11 is 1.33. The molecule has 1 amide bonds. The van der Waals surface area contributed by atoms with Gasteiger partial charge in [-0.1, -0.05) is 48.5 Å². The lowest BCUT2D eigenvalue weighted by Crippen LogP contribution is -2.23. The average Bonchev–Trinajstić information content (AvgIpc) is 3.10. The third-order valence-electron chi connectivity index (χ3n) is 4.30. The average molecular weight is 382 g/mol. The molecule has 1 heterocycles. The molecular formula is C20H23N5OS. The molecule has 27 heavy (non-hydrogen) atoms. The van der Waals surface area contributed by atoms with E-state index in [2.05, 4.69) is 33.8 Å². The number of anilines is 1. The summed E-state index contributed by atoms with van der Waals surface area (Å²) in [6.45, 7) is 8.02. The third-order valence-corrected chi connectivity index (χ3v) is 5.34. The Kier molecular flexibility index (Phi) is 5.91. The Morgan fingerprint density at radius 1 is 1.19 bits per heavy atom. The number of thioether (sulfide) groups is 1. The van der Waals surface area contributed by atoms with Gasteiger partial charge < -0.3 is 5.32 Å². The molecule has 0 bridgehead atoms. The van der Waals surface area contributed by atoms with E-state index in [4.69, 9.17) is 0 Å². The highest BCUT2D eigenvalue weighted by atomic mass is 32.2. The van der Waals surface area contributed by atoms with Gasteiger partial charge in [0.05, 0.1) is 10.9 Å². The predicted octanol–water partition coefficient (Wildman–Crippen LogP) is 3.96. The van der Waals surface area contributed by atoms with Crippen molar-refractivity contribution < 1.29 is 4.79 Å². The maximum Gasteiger partial charge on any atom is 0.237 e. The summed E-state index contributed by atoms with van der Waals surface area (Å²) in [7, 11) is 0. The number of hydrogen-bond acceptors (Lipinski definition) is 5. The van der Waals surface area contributed by atoms with Crippen LogP contribution in [0.3, 0.4) is 0 Å². The minimum atomic E-state index is -0.341. The summed E-state index contributed by atoms with van der Waals surface area (Å²) in [5.41, 5.74) is 5.20. The van der Waals surface area contributed by atoms with Gasteiger partial charge in [-0.2, -0.15) is 4.68 Å². The van der Waals surface area contributed by atoms with Crippen LogP contribution in [0.15, 0.2) is 47.6 Å². The molecule has 3 rings (SSSR count). The molecule has 3 aromatic rings. The largest absolute Gasteiger partial charge is 0.325 e. The molecule has 1 unspecified atom stereocenters. The first-order valence-corrected chi connectivity index (χ1v) is 9.78. The molecule has 0 saturated carbocycles.